The topological polar surface area (TPSA) is 48.4 Å². The fourth-order valence-electron chi connectivity index (χ4n) is 8.14. The molecule has 0 bridgehead atoms. The van der Waals surface area contributed by atoms with Crippen LogP contribution in [-0.4, -0.2) is 15.0 Å². The molecule has 0 unspecified atom stereocenters. The van der Waals surface area contributed by atoms with Crippen LogP contribution >= 0.6 is 0 Å². The monoisotopic (exact) mass is 734 g/mol. The van der Waals surface area contributed by atoms with Gasteiger partial charge in [-0.1, -0.05) is 78.9 Å². The number of benzene rings is 7. The van der Waals surface area contributed by atoms with E-state index in [0.717, 1.165) is 78.8 Å². The van der Waals surface area contributed by atoms with Crippen LogP contribution in [0.5, 0.6) is 0 Å². The van der Waals surface area contributed by atoms with E-state index in [4.69, 9.17) is 4.98 Å². The van der Waals surface area contributed by atoms with Crippen LogP contribution < -0.4 is 14.7 Å². The quantitative estimate of drug-likeness (QED) is 0.162. The molecule has 1 aliphatic rings. The number of nitrogens with zero attached hydrogens (tertiary/aromatic N) is 6. The summed E-state index contributed by atoms with van der Waals surface area (Å²) in [7, 11) is 0. The lowest BCUT2D eigenvalue weighted by atomic mass is 9.99. The molecule has 0 fully saturated rings. The van der Waals surface area contributed by atoms with Crippen molar-refractivity contribution in [2.24, 2.45) is 0 Å². The summed E-state index contributed by atoms with van der Waals surface area (Å²) in [4.78, 5) is 21.3. The van der Waals surface area contributed by atoms with Crippen LogP contribution in [0.1, 0.15) is 11.1 Å². The maximum absolute atomic E-state index is 4.91. The molecule has 0 radical (unpaired) electrons. The molecule has 0 amide bonds. The molecule has 1 aliphatic heterocycles. The molecular weight excluding hydrogens is 697 g/mol. The van der Waals surface area contributed by atoms with Crippen molar-refractivity contribution in [2.75, 3.05) is 14.7 Å². The van der Waals surface area contributed by atoms with Gasteiger partial charge in [0.25, 0.3) is 0 Å². The zero-order valence-electron chi connectivity index (χ0n) is 31.7. The molecule has 6 heteroatoms. The lowest BCUT2D eigenvalue weighted by Crippen LogP contribution is -2.25. The van der Waals surface area contributed by atoms with Gasteiger partial charge in [0.05, 0.1) is 28.4 Å². The highest BCUT2D eigenvalue weighted by Gasteiger charge is 2.33. The van der Waals surface area contributed by atoms with Gasteiger partial charge in [0.2, 0.25) is 0 Å². The molecule has 0 saturated heterocycles. The highest BCUT2D eigenvalue weighted by atomic mass is 15.3. The van der Waals surface area contributed by atoms with Gasteiger partial charge in [-0.2, -0.15) is 0 Å². The highest BCUT2D eigenvalue weighted by Crippen LogP contribution is 2.56. The lowest BCUT2D eigenvalue weighted by Gasteiger charge is -2.41. The van der Waals surface area contributed by atoms with E-state index in [0.29, 0.717) is 5.82 Å². The van der Waals surface area contributed by atoms with Gasteiger partial charge in [0.15, 0.2) is 5.82 Å². The fraction of sp³-hybridized carbons (Fsp3) is 0.0392. The predicted molar refractivity (Wildman–Crippen MR) is 235 cm³/mol. The number of anilines is 9. The Hall–Kier alpha value is -7.57. The van der Waals surface area contributed by atoms with E-state index < -0.39 is 0 Å². The third kappa shape index (κ3) is 6.23. The van der Waals surface area contributed by atoms with E-state index in [2.05, 4.69) is 208 Å². The molecule has 6 nitrogen and oxygen atoms in total. The second-order valence-corrected chi connectivity index (χ2v) is 14.4. The number of pyridine rings is 1. The normalized spacial score (nSPS) is 12.0. The van der Waals surface area contributed by atoms with Gasteiger partial charge in [-0.15, -0.1) is 0 Å². The summed E-state index contributed by atoms with van der Waals surface area (Å²) in [6.07, 6.45) is 5.50. The van der Waals surface area contributed by atoms with E-state index in [1.54, 1.807) is 12.4 Å². The van der Waals surface area contributed by atoms with Crippen LogP contribution in [0.2, 0.25) is 0 Å². The van der Waals surface area contributed by atoms with Crippen molar-refractivity contribution in [3.63, 3.8) is 0 Å². The van der Waals surface area contributed by atoms with Crippen LogP contribution in [0.3, 0.4) is 0 Å². The first-order valence-electron chi connectivity index (χ1n) is 19.2. The highest BCUT2D eigenvalue weighted by molar-refractivity contribution is 6.04. The van der Waals surface area contributed by atoms with E-state index >= 15 is 0 Å². The lowest BCUT2D eigenvalue weighted by molar-refractivity contribution is 1.14. The Morgan fingerprint density at radius 3 is 1.79 bits per heavy atom. The number of fused-ring (bicyclic) bond motifs is 3. The Bertz CT molecular complexity index is 2830. The SMILES string of the molecule is Cc1cc(C)cc(N2c3cc(-c4ncccn4)ccc3N(c3cccc(-c4nccc5ccccc45)c3)c3ccc(N(c4ccccc4)c4ccccc4)cc32)c1. The first-order valence-corrected chi connectivity index (χ1v) is 19.2. The summed E-state index contributed by atoms with van der Waals surface area (Å²) in [6, 6.07) is 62.4. The number of hydrogen-bond donors (Lipinski definition) is 0. The van der Waals surface area contributed by atoms with Crippen molar-refractivity contribution in [3.05, 3.63) is 206 Å². The number of hydrogen-bond acceptors (Lipinski definition) is 6. The van der Waals surface area contributed by atoms with Gasteiger partial charge < -0.3 is 14.7 Å². The van der Waals surface area contributed by atoms with Gasteiger partial charge in [0.1, 0.15) is 0 Å². The summed E-state index contributed by atoms with van der Waals surface area (Å²) in [5.74, 6) is 0.676. The smallest absolute Gasteiger partial charge is 0.159 e. The Morgan fingerprint density at radius 1 is 0.404 bits per heavy atom. The maximum atomic E-state index is 4.91. The third-order valence-corrected chi connectivity index (χ3v) is 10.5. The van der Waals surface area contributed by atoms with Crippen LogP contribution in [0.4, 0.5) is 51.2 Å². The predicted octanol–water partition coefficient (Wildman–Crippen LogP) is 13.7. The number of para-hydroxylation sites is 2. The zero-order chi connectivity index (χ0) is 38.3. The first-order chi connectivity index (χ1) is 28.1. The van der Waals surface area contributed by atoms with Crippen molar-refractivity contribution in [1.29, 1.82) is 0 Å². The van der Waals surface area contributed by atoms with Gasteiger partial charge in [-0.05, 0) is 127 Å². The molecule has 0 N–H and O–H groups in total. The second-order valence-electron chi connectivity index (χ2n) is 14.4. The molecule has 0 saturated carbocycles. The summed E-state index contributed by atoms with van der Waals surface area (Å²) in [6.45, 7) is 4.33. The van der Waals surface area contributed by atoms with E-state index in [1.165, 1.54) is 11.1 Å². The molecule has 0 atom stereocenters. The van der Waals surface area contributed by atoms with Gasteiger partial charge in [-0.3, -0.25) is 4.98 Å². The summed E-state index contributed by atoms with van der Waals surface area (Å²) < 4.78 is 0. The Balaban J connectivity index is 1.24. The molecular formula is C51H38N6. The zero-order valence-corrected chi connectivity index (χ0v) is 31.7. The Kier molecular flexibility index (Phi) is 8.49. The van der Waals surface area contributed by atoms with Crippen molar-refractivity contribution in [2.45, 2.75) is 13.8 Å². The summed E-state index contributed by atoms with van der Waals surface area (Å²) >= 11 is 0. The average molecular weight is 735 g/mol. The number of aromatic nitrogens is 3. The molecule has 7 aromatic carbocycles. The van der Waals surface area contributed by atoms with Crippen LogP contribution in [0.25, 0.3) is 33.4 Å². The molecule has 2 aromatic heterocycles. The molecule has 0 spiro atoms. The molecule has 9 aromatic rings. The van der Waals surface area contributed by atoms with Crippen molar-refractivity contribution >= 4 is 62.0 Å². The van der Waals surface area contributed by atoms with E-state index in [9.17, 15) is 0 Å². The Morgan fingerprint density at radius 2 is 1.05 bits per heavy atom. The van der Waals surface area contributed by atoms with Crippen molar-refractivity contribution < 1.29 is 0 Å². The molecule has 272 valence electrons. The summed E-state index contributed by atoms with van der Waals surface area (Å²) in [5, 5.41) is 2.28. The van der Waals surface area contributed by atoms with Crippen molar-refractivity contribution in [1.82, 2.24) is 15.0 Å². The first kappa shape index (κ1) is 34.0. The molecule has 10 rings (SSSR count). The number of rotatable bonds is 7. The van der Waals surface area contributed by atoms with Crippen LogP contribution in [0.15, 0.2) is 195 Å². The van der Waals surface area contributed by atoms with E-state index in [1.807, 2.05) is 12.3 Å². The minimum absolute atomic E-state index is 0.676. The van der Waals surface area contributed by atoms with Gasteiger partial charge in [0, 0.05) is 63.5 Å². The minimum atomic E-state index is 0.676. The molecule has 3 heterocycles. The van der Waals surface area contributed by atoms with Crippen LogP contribution in [-0.2, 0) is 0 Å². The molecule has 0 aliphatic carbocycles. The van der Waals surface area contributed by atoms with Crippen molar-refractivity contribution in [3.8, 4) is 22.6 Å². The number of aryl methyl sites for hydroxylation is 2. The summed E-state index contributed by atoms with van der Waals surface area (Å²) in [5.41, 5.74) is 14.8. The standard InChI is InChI=1S/C51H38N6/c1-35-29-36(2)31-44(30-35)57-48-33-39(51-53-26-12-27-54-51)21-23-46(48)56(42-19-11-14-38(32-42)50-45-20-10-9-13-37(45)25-28-52-50)47-24-22-43(34-49(47)57)55(40-15-5-3-6-16-40)41-17-7-4-8-18-41/h3-34H,1-2H3. The third-order valence-electron chi connectivity index (χ3n) is 10.5. The fourth-order valence-corrected chi connectivity index (χ4v) is 8.14. The second kappa shape index (κ2) is 14.3. The van der Waals surface area contributed by atoms with E-state index in [-0.39, 0.29) is 0 Å². The maximum Gasteiger partial charge on any atom is 0.159 e. The Labute approximate surface area is 332 Å². The average Bonchev–Trinajstić information content (AvgIpc) is 3.26. The molecule has 57 heavy (non-hydrogen) atoms. The van der Waals surface area contributed by atoms with Gasteiger partial charge in [-0.25, -0.2) is 9.97 Å². The largest absolute Gasteiger partial charge is 0.310 e. The van der Waals surface area contributed by atoms with Gasteiger partial charge >= 0.3 is 0 Å². The minimum Gasteiger partial charge on any atom is -0.310 e. The van der Waals surface area contributed by atoms with Crippen LogP contribution in [0, 0.1) is 13.8 Å².